The summed E-state index contributed by atoms with van der Waals surface area (Å²) in [7, 11) is 1.83. The molecule has 1 aromatic rings. The topological polar surface area (TPSA) is 61.9 Å². The molecule has 1 aliphatic carbocycles. The Kier molecular flexibility index (Phi) is 4.46. The molecular weight excluding hydrogens is 288 g/mol. The molecule has 1 heterocycles. The molecule has 3 rings (SSSR count). The summed E-state index contributed by atoms with van der Waals surface area (Å²) in [5.41, 5.74) is 9.06. The van der Waals surface area contributed by atoms with Crippen LogP contribution in [0.4, 0.5) is 5.69 Å². The Bertz CT molecular complexity index is 690. The number of nitrogens with two attached hydrogens (primary N) is 1. The number of aliphatic imine (C=N–C) groups is 1. The third-order valence-corrected chi connectivity index (χ3v) is 4.24. The molecule has 0 aromatic heterocycles. The van der Waals surface area contributed by atoms with Crippen molar-refractivity contribution in [3.05, 3.63) is 53.8 Å². The fourth-order valence-corrected chi connectivity index (χ4v) is 2.82. The number of hydrogen-bond acceptors (Lipinski definition) is 4. The first-order valence-electron chi connectivity index (χ1n) is 7.95. The van der Waals surface area contributed by atoms with Gasteiger partial charge in [-0.2, -0.15) is 0 Å². The molecule has 0 atom stereocenters. The molecule has 23 heavy (non-hydrogen) atoms. The SMILES string of the molecule is CN(C(=O)CCN1Cc2ccccc2N=C1N)C1=CCCC=C1. The monoisotopic (exact) mass is 310 g/mol. The molecule has 0 unspecified atom stereocenters. The van der Waals surface area contributed by atoms with E-state index in [1.807, 2.05) is 42.3 Å². The third kappa shape index (κ3) is 3.44. The Morgan fingerprint density at radius 2 is 2.17 bits per heavy atom. The van der Waals surface area contributed by atoms with Gasteiger partial charge in [-0.05, 0) is 30.5 Å². The van der Waals surface area contributed by atoms with Crippen LogP contribution in [0.1, 0.15) is 24.8 Å². The molecule has 1 aliphatic heterocycles. The summed E-state index contributed by atoms with van der Waals surface area (Å²) in [6, 6.07) is 7.95. The number of likely N-dealkylation sites (N-methyl/N-ethyl adjacent to an activating group) is 1. The molecule has 5 heteroatoms. The molecule has 0 fully saturated rings. The molecule has 0 radical (unpaired) electrons. The average molecular weight is 310 g/mol. The first-order valence-corrected chi connectivity index (χ1v) is 7.95. The lowest BCUT2D eigenvalue weighted by molar-refractivity contribution is -0.128. The van der Waals surface area contributed by atoms with Gasteiger partial charge in [0.1, 0.15) is 0 Å². The van der Waals surface area contributed by atoms with Gasteiger partial charge < -0.3 is 15.5 Å². The van der Waals surface area contributed by atoms with E-state index in [1.54, 1.807) is 4.90 Å². The van der Waals surface area contributed by atoms with Gasteiger partial charge in [0, 0.05) is 32.3 Å². The van der Waals surface area contributed by atoms with Gasteiger partial charge in [-0.25, -0.2) is 4.99 Å². The van der Waals surface area contributed by atoms with Gasteiger partial charge in [0.25, 0.3) is 0 Å². The zero-order valence-electron chi connectivity index (χ0n) is 13.4. The Morgan fingerprint density at radius 3 is 2.96 bits per heavy atom. The molecule has 5 nitrogen and oxygen atoms in total. The Balaban J connectivity index is 1.59. The standard InChI is InChI=1S/C18H22N4O/c1-21(15-8-3-2-4-9-15)17(23)11-12-22-13-14-7-5-6-10-16(14)20-18(22)19/h3,5-10H,2,4,11-13H2,1H3,(H2,19,20). The summed E-state index contributed by atoms with van der Waals surface area (Å²) in [5, 5.41) is 0. The number of rotatable bonds is 4. The lowest BCUT2D eigenvalue weighted by atomic mass is 10.1. The van der Waals surface area contributed by atoms with E-state index in [-0.39, 0.29) is 5.91 Å². The number of para-hydroxylation sites is 1. The van der Waals surface area contributed by atoms with Crippen molar-refractivity contribution in [2.75, 3.05) is 13.6 Å². The van der Waals surface area contributed by atoms with E-state index in [0.29, 0.717) is 25.5 Å². The van der Waals surface area contributed by atoms with Crippen LogP contribution in [-0.2, 0) is 11.3 Å². The van der Waals surface area contributed by atoms with Crippen LogP contribution >= 0.6 is 0 Å². The van der Waals surface area contributed by atoms with E-state index in [2.05, 4.69) is 17.1 Å². The predicted molar refractivity (Wildman–Crippen MR) is 92.0 cm³/mol. The summed E-state index contributed by atoms with van der Waals surface area (Å²) in [6.45, 7) is 1.27. The van der Waals surface area contributed by atoms with Crippen molar-refractivity contribution in [3.63, 3.8) is 0 Å². The smallest absolute Gasteiger partial charge is 0.228 e. The van der Waals surface area contributed by atoms with Gasteiger partial charge >= 0.3 is 0 Å². The van der Waals surface area contributed by atoms with Gasteiger partial charge in [-0.1, -0.05) is 30.4 Å². The second kappa shape index (κ2) is 6.69. The second-order valence-electron chi connectivity index (χ2n) is 5.83. The number of fused-ring (bicyclic) bond motifs is 1. The van der Waals surface area contributed by atoms with E-state index in [0.717, 1.165) is 29.8 Å². The maximum atomic E-state index is 12.4. The molecule has 0 bridgehead atoms. The van der Waals surface area contributed by atoms with Gasteiger partial charge in [-0.15, -0.1) is 0 Å². The molecule has 2 aliphatic rings. The van der Waals surface area contributed by atoms with Crippen LogP contribution in [0.2, 0.25) is 0 Å². The highest BCUT2D eigenvalue weighted by Crippen LogP contribution is 2.24. The summed E-state index contributed by atoms with van der Waals surface area (Å²) in [6.07, 6.45) is 8.67. The Morgan fingerprint density at radius 1 is 1.35 bits per heavy atom. The summed E-state index contributed by atoms with van der Waals surface area (Å²) < 4.78 is 0. The van der Waals surface area contributed by atoms with Crippen LogP contribution < -0.4 is 5.73 Å². The van der Waals surface area contributed by atoms with E-state index >= 15 is 0 Å². The quantitative estimate of drug-likeness (QED) is 0.929. The van der Waals surface area contributed by atoms with Crippen molar-refractivity contribution in [3.8, 4) is 0 Å². The number of allylic oxidation sites excluding steroid dienone is 3. The Labute approximate surface area is 136 Å². The minimum absolute atomic E-state index is 0.0921. The highest BCUT2D eigenvalue weighted by atomic mass is 16.2. The lowest BCUT2D eigenvalue weighted by Crippen LogP contribution is -2.41. The zero-order valence-corrected chi connectivity index (χ0v) is 13.4. The summed E-state index contributed by atoms with van der Waals surface area (Å²) in [4.78, 5) is 20.5. The fraction of sp³-hybridized carbons (Fsp3) is 0.333. The van der Waals surface area contributed by atoms with Crippen LogP contribution in [0, 0.1) is 0 Å². The average Bonchev–Trinajstić information content (AvgIpc) is 2.59. The largest absolute Gasteiger partial charge is 0.369 e. The minimum atomic E-state index is 0.0921. The van der Waals surface area contributed by atoms with Crippen LogP contribution in [0.25, 0.3) is 0 Å². The van der Waals surface area contributed by atoms with Crippen molar-refractivity contribution in [1.82, 2.24) is 9.80 Å². The minimum Gasteiger partial charge on any atom is -0.369 e. The number of carbonyl (C=O) groups is 1. The zero-order chi connectivity index (χ0) is 16.2. The second-order valence-corrected chi connectivity index (χ2v) is 5.83. The molecule has 1 amide bonds. The van der Waals surface area contributed by atoms with Gasteiger partial charge in [0.05, 0.1) is 5.69 Å². The maximum absolute atomic E-state index is 12.4. The van der Waals surface area contributed by atoms with Crippen molar-refractivity contribution >= 4 is 17.6 Å². The molecule has 0 saturated heterocycles. The predicted octanol–water partition coefficient (Wildman–Crippen LogP) is 2.53. The van der Waals surface area contributed by atoms with Crippen molar-refractivity contribution in [2.45, 2.75) is 25.8 Å². The van der Waals surface area contributed by atoms with E-state index in [9.17, 15) is 4.79 Å². The van der Waals surface area contributed by atoms with Crippen LogP contribution in [0.5, 0.6) is 0 Å². The highest BCUT2D eigenvalue weighted by Gasteiger charge is 2.19. The Hall–Kier alpha value is -2.56. The van der Waals surface area contributed by atoms with Crippen molar-refractivity contribution in [2.24, 2.45) is 10.7 Å². The van der Waals surface area contributed by atoms with Gasteiger partial charge in [0.15, 0.2) is 5.96 Å². The van der Waals surface area contributed by atoms with Crippen LogP contribution in [0.15, 0.2) is 53.2 Å². The van der Waals surface area contributed by atoms with Crippen molar-refractivity contribution < 1.29 is 4.79 Å². The number of carbonyl (C=O) groups excluding carboxylic acids is 1. The maximum Gasteiger partial charge on any atom is 0.228 e. The normalized spacial score (nSPS) is 16.5. The number of hydrogen-bond donors (Lipinski definition) is 1. The molecule has 120 valence electrons. The number of benzene rings is 1. The number of amides is 1. The van der Waals surface area contributed by atoms with Crippen LogP contribution in [0.3, 0.4) is 0 Å². The first kappa shape index (κ1) is 15.3. The van der Waals surface area contributed by atoms with Crippen LogP contribution in [-0.4, -0.2) is 35.3 Å². The van der Waals surface area contributed by atoms with Crippen molar-refractivity contribution in [1.29, 1.82) is 0 Å². The van der Waals surface area contributed by atoms with E-state index in [1.165, 1.54) is 0 Å². The lowest BCUT2D eigenvalue weighted by Gasteiger charge is -2.29. The third-order valence-electron chi connectivity index (χ3n) is 4.24. The molecular formula is C18H22N4O. The number of nitrogens with zero attached hydrogens (tertiary/aromatic N) is 3. The highest BCUT2D eigenvalue weighted by molar-refractivity contribution is 5.84. The first-order chi connectivity index (χ1) is 11.1. The number of guanidine groups is 1. The van der Waals surface area contributed by atoms with E-state index < -0.39 is 0 Å². The molecule has 1 aromatic carbocycles. The summed E-state index contributed by atoms with van der Waals surface area (Å²) >= 11 is 0. The molecule has 0 spiro atoms. The molecule has 2 N–H and O–H groups in total. The van der Waals surface area contributed by atoms with Gasteiger partial charge in [0.2, 0.25) is 5.91 Å². The van der Waals surface area contributed by atoms with E-state index in [4.69, 9.17) is 5.73 Å². The fourth-order valence-electron chi connectivity index (χ4n) is 2.82. The molecule has 0 saturated carbocycles. The summed E-state index contributed by atoms with van der Waals surface area (Å²) in [5.74, 6) is 0.574. The van der Waals surface area contributed by atoms with Gasteiger partial charge in [-0.3, -0.25) is 4.79 Å².